The molecule has 82 valence electrons. The van der Waals surface area contributed by atoms with Gasteiger partial charge in [0.25, 0.3) is 0 Å². The fourth-order valence-corrected chi connectivity index (χ4v) is 1.19. The van der Waals surface area contributed by atoms with E-state index in [1.165, 1.54) is 14.0 Å². The number of methoxy groups -OCH3 is 1. The summed E-state index contributed by atoms with van der Waals surface area (Å²) < 4.78 is 4.61. The van der Waals surface area contributed by atoms with Crippen LogP contribution in [0, 0.1) is 5.41 Å². The van der Waals surface area contributed by atoms with Crippen molar-refractivity contribution >= 4 is 11.9 Å². The molecule has 1 atom stereocenters. The standard InChI is InChI=1S/C10H19NO3/c1-7(12)11-8(9(13)14-5)6-10(2,3)4/h8H,6H2,1-5H3,(H,11,12). The summed E-state index contributed by atoms with van der Waals surface area (Å²) >= 11 is 0. The molecule has 0 aliphatic rings. The van der Waals surface area contributed by atoms with E-state index in [9.17, 15) is 9.59 Å². The van der Waals surface area contributed by atoms with E-state index in [-0.39, 0.29) is 11.3 Å². The van der Waals surface area contributed by atoms with Crippen molar-refractivity contribution in [2.75, 3.05) is 7.11 Å². The molecule has 0 aromatic heterocycles. The zero-order valence-electron chi connectivity index (χ0n) is 9.51. The highest BCUT2D eigenvalue weighted by Crippen LogP contribution is 2.21. The quantitative estimate of drug-likeness (QED) is 0.696. The van der Waals surface area contributed by atoms with E-state index in [0.29, 0.717) is 6.42 Å². The van der Waals surface area contributed by atoms with Crippen molar-refractivity contribution in [1.82, 2.24) is 5.32 Å². The minimum absolute atomic E-state index is 0.0265. The van der Waals surface area contributed by atoms with Crippen molar-refractivity contribution < 1.29 is 14.3 Å². The monoisotopic (exact) mass is 201 g/mol. The Morgan fingerprint density at radius 3 is 2.14 bits per heavy atom. The van der Waals surface area contributed by atoms with Gasteiger partial charge in [-0.3, -0.25) is 4.79 Å². The summed E-state index contributed by atoms with van der Waals surface area (Å²) in [4.78, 5) is 22.1. The molecule has 1 N–H and O–H groups in total. The Kier molecular flexibility index (Phi) is 4.60. The maximum atomic E-state index is 11.3. The number of carbonyl (C=O) groups is 2. The molecular weight excluding hydrogens is 182 g/mol. The first kappa shape index (κ1) is 12.9. The van der Waals surface area contributed by atoms with Crippen LogP contribution in [0.1, 0.15) is 34.1 Å². The zero-order valence-corrected chi connectivity index (χ0v) is 9.51. The average Bonchev–Trinajstić information content (AvgIpc) is 1.98. The molecule has 0 aromatic rings. The smallest absolute Gasteiger partial charge is 0.328 e. The molecule has 1 unspecified atom stereocenters. The first-order chi connectivity index (χ1) is 6.26. The van der Waals surface area contributed by atoms with Crippen LogP contribution in [0.5, 0.6) is 0 Å². The third kappa shape index (κ3) is 5.56. The summed E-state index contributed by atoms with van der Waals surface area (Å²) in [6.45, 7) is 7.40. The van der Waals surface area contributed by atoms with Gasteiger partial charge >= 0.3 is 5.97 Å². The lowest BCUT2D eigenvalue weighted by Crippen LogP contribution is -2.42. The highest BCUT2D eigenvalue weighted by molar-refractivity contribution is 5.83. The Labute approximate surface area is 85.0 Å². The second kappa shape index (κ2) is 4.98. The molecule has 0 aromatic carbocycles. The Hall–Kier alpha value is -1.06. The molecule has 0 aliphatic heterocycles. The second-order valence-corrected chi connectivity index (χ2v) is 4.54. The number of hydrogen-bond donors (Lipinski definition) is 1. The Morgan fingerprint density at radius 2 is 1.86 bits per heavy atom. The Bertz CT molecular complexity index is 218. The second-order valence-electron chi connectivity index (χ2n) is 4.54. The largest absolute Gasteiger partial charge is 0.467 e. The number of hydrogen-bond acceptors (Lipinski definition) is 3. The first-order valence-electron chi connectivity index (χ1n) is 4.61. The van der Waals surface area contributed by atoms with Crippen molar-refractivity contribution in [2.45, 2.75) is 40.2 Å². The maximum Gasteiger partial charge on any atom is 0.328 e. The summed E-state index contributed by atoms with van der Waals surface area (Å²) in [6, 6.07) is -0.544. The lowest BCUT2D eigenvalue weighted by Gasteiger charge is -2.24. The lowest BCUT2D eigenvalue weighted by molar-refractivity contribution is -0.145. The summed E-state index contributed by atoms with van der Waals surface area (Å²) in [6.07, 6.45) is 0.569. The highest BCUT2D eigenvalue weighted by atomic mass is 16.5. The van der Waals surface area contributed by atoms with Crippen LogP contribution in [-0.2, 0) is 14.3 Å². The van der Waals surface area contributed by atoms with Gasteiger partial charge in [-0.1, -0.05) is 20.8 Å². The summed E-state index contributed by atoms with van der Waals surface area (Å²) in [5, 5.41) is 2.57. The van der Waals surface area contributed by atoms with Crippen LogP contribution in [0.15, 0.2) is 0 Å². The molecule has 4 heteroatoms. The minimum Gasteiger partial charge on any atom is -0.467 e. The van der Waals surface area contributed by atoms with Gasteiger partial charge in [0.05, 0.1) is 7.11 Å². The number of carbonyl (C=O) groups excluding carboxylic acids is 2. The van der Waals surface area contributed by atoms with Crippen LogP contribution in [0.4, 0.5) is 0 Å². The van der Waals surface area contributed by atoms with Gasteiger partial charge < -0.3 is 10.1 Å². The van der Waals surface area contributed by atoms with Crippen LogP contribution < -0.4 is 5.32 Å². The molecule has 0 bridgehead atoms. The van der Waals surface area contributed by atoms with Gasteiger partial charge in [0.2, 0.25) is 5.91 Å². The molecule has 0 fully saturated rings. The summed E-state index contributed by atoms with van der Waals surface area (Å²) in [5.41, 5.74) is -0.0265. The van der Waals surface area contributed by atoms with Crippen molar-refractivity contribution in [3.05, 3.63) is 0 Å². The molecule has 0 radical (unpaired) electrons. The molecule has 0 aliphatic carbocycles. The average molecular weight is 201 g/mol. The van der Waals surface area contributed by atoms with Crippen LogP contribution in [0.25, 0.3) is 0 Å². The van der Waals surface area contributed by atoms with Crippen LogP contribution in [0.3, 0.4) is 0 Å². The first-order valence-corrected chi connectivity index (χ1v) is 4.61. The van der Waals surface area contributed by atoms with E-state index in [1.54, 1.807) is 0 Å². The van der Waals surface area contributed by atoms with Crippen LogP contribution >= 0.6 is 0 Å². The van der Waals surface area contributed by atoms with Crippen molar-refractivity contribution in [3.63, 3.8) is 0 Å². The third-order valence-corrected chi connectivity index (χ3v) is 1.68. The molecule has 4 nitrogen and oxygen atoms in total. The number of nitrogens with one attached hydrogen (secondary N) is 1. The van der Waals surface area contributed by atoms with E-state index in [4.69, 9.17) is 0 Å². The SMILES string of the molecule is COC(=O)C(CC(C)(C)C)NC(C)=O. The number of ether oxygens (including phenoxy) is 1. The Balaban J connectivity index is 4.40. The predicted molar refractivity (Wildman–Crippen MR) is 53.7 cm³/mol. The maximum absolute atomic E-state index is 11.3. The fraction of sp³-hybridized carbons (Fsp3) is 0.800. The molecular formula is C10H19NO3. The molecule has 0 rings (SSSR count). The van der Waals surface area contributed by atoms with E-state index in [2.05, 4.69) is 10.1 Å². The normalized spacial score (nSPS) is 13.2. The van der Waals surface area contributed by atoms with Crippen molar-refractivity contribution in [3.8, 4) is 0 Å². The lowest BCUT2D eigenvalue weighted by atomic mass is 9.88. The minimum atomic E-state index is -0.544. The van der Waals surface area contributed by atoms with Gasteiger partial charge in [0.1, 0.15) is 6.04 Å². The van der Waals surface area contributed by atoms with Gasteiger partial charge in [-0.2, -0.15) is 0 Å². The Morgan fingerprint density at radius 1 is 1.36 bits per heavy atom. The molecule has 1 amide bonds. The van der Waals surface area contributed by atoms with E-state index >= 15 is 0 Å². The summed E-state index contributed by atoms with van der Waals surface area (Å²) in [5.74, 6) is -0.611. The van der Waals surface area contributed by atoms with Crippen LogP contribution in [-0.4, -0.2) is 25.0 Å². The molecule has 0 saturated heterocycles. The van der Waals surface area contributed by atoms with Crippen LogP contribution in [0.2, 0.25) is 0 Å². The van der Waals surface area contributed by atoms with Crippen molar-refractivity contribution in [2.24, 2.45) is 5.41 Å². The number of rotatable bonds is 3. The fourth-order valence-electron chi connectivity index (χ4n) is 1.19. The van der Waals surface area contributed by atoms with Gasteiger partial charge in [-0.05, 0) is 11.8 Å². The highest BCUT2D eigenvalue weighted by Gasteiger charge is 2.25. The van der Waals surface area contributed by atoms with Gasteiger partial charge in [0, 0.05) is 6.92 Å². The van der Waals surface area contributed by atoms with Gasteiger partial charge in [-0.15, -0.1) is 0 Å². The number of esters is 1. The van der Waals surface area contributed by atoms with E-state index in [1.807, 2.05) is 20.8 Å². The molecule has 14 heavy (non-hydrogen) atoms. The molecule has 0 heterocycles. The zero-order chi connectivity index (χ0) is 11.4. The number of amides is 1. The van der Waals surface area contributed by atoms with E-state index < -0.39 is 12.0 Å². The van der Waals surface area contributed by atoms with Gasteiger partial charge in [-0.25, -0.2) is 4.79 Å². The topological polar surface area (TPSA) is 55.4 Å². The third-order valence-electron chi connectivity index (χ3n) is 1.68. The summed E-state index contributed by atoms with van der Waals surface area (Å²) in [7, 11) is 1.32. The predicted octanol–water partition coefficient (Wildman–Crippen LogP) is 1.10. The molecule has 0 saturated carbocycles. The van der Waals surface area contributed by atoms with Gasteiger partial charge in [0.15, 0.2) is 0 Å². The van der Waals surface area contributed by atoms with Crippen molar-refractivity contribution in [1.29, 1.82) is 0 Å². The molecule has 0 spiro atoms. The van der Waals surface area contributed by atoms with E-state index in [0.717, 1.165) is 0 Å².